The van der Waals surface area contributed by atoms with Gasteiger partial charge in [-0.05, 0) is 54.3 Å². The van der Waals surface area contributed by atoms with E-state index in [0.717, 1.165) is 19.5 Å². The van der Waals surface area contributed by atoms with E-state index in [4.69, 9.17) is 21.1 Å². The van der Waals surface area contributed by atoms with Crippen LogP contribution in [-0.2, 0) is 14.3 Å². The molecule has 2 aromatic rings. The van der Waals surface area contributed by atoms with E-state index in [2.05, 4.69) is 18.7 Å². The van der Waals surface area contributed by atoms with Crippen molar-refractivity contribution in [2.24, 2.45) is 5.92 Å². The lowest BCUT2D eigenvalue weighted by Gasteiger charge is -2.31. The summed E-state index contributed by atoms with van der Waals surface area (Å²) in [5.41, 5.74) is 1.22. The van der Waals surface area contributed by atoms with Crippen molar-refractivity contribution < 1.29 is 24.2 Å². The number of aliphatic hydroxyl groups excluding tert-OH is 1. The third-order valence-corrected chi connectivity index (χ3v) is 6.81. The number of carbonyl (C=O) groups is 2. The van der Waals surface area contributed by atoms with Crippen LogP contribution in [-0.4, -0.2) is 72.6 Å². The molecule has 2 fully saturated rings. The van der Waals surface area contributed by atoms with Gasteiger partial charge in [0.15, 0.2) is 0 Å². The summed E-state index contributed by atoms with van der Waals surface area (Å²) in [6, 6.07) is 13.3. The fraction of sp³-hybridized carbons (Fsp3) is 0.429. The Bertz CT molecular complexity index is 1110. The fourth-order valence-electron chi connectivity index (χ4n) is 4.48. The smallest absolute Gasteiger partial charge is 0.295 e. The number of benzene rings is 2. The van der Waals surface area contributed by atoms with Crippen molar-refractivity contribution in [3.63, 3.8) is 0 Å². The van der Waals surface area contributed by atoms with Crippen LogP contribution in [0.2, 0.25) is 5.02 Å². The molecular formula is C28H33ClN2O5. The van der Waals surface area contributed by atoms with Gasteiger partial charge in [-0.15, -0.1) is 0 Å². The maximum Gasteiger partial charge on any atom is 0.295 e. The zero-order valence-corrected chi connectivity index (χ0v) is 21.5. The molecule has 0 aromatic heterocycles. The molecular weight excluding hydrogens is 480 g/mol. The molecule has 2 saturated heterocycles. The molecule has 2 heterocycles. The molecule has 8 heteroatoms. The first-order valence-corrected chi connectivity index (χ1v) is 12.8. The van der Waals surface area contributed by atoms with E-state index in [0.29, 0.717) is 60.7 Å². The highest BCUT2D eigenvalue weighted by atomic mass is 35.5. The van der Waals surface area contributed by atoms with Gasteiger partial charge < -0.3 is 19.5 Å². The van der Waals surface area contributed by atoms with E-state index in [1.807, 2.05) is 24.3 Å². The number of aliphatic hydroxyl groups is 1. The minimum absolute atomic E-state index is 0.0728. The zero-order valence-electron chi connectivity index (χ0n) is 20.8. The summed E-state index contributed by atoms with van der Waals surface area (Å²) in [5.74, 6) is -0.344. The molecule has 1 unspecified atom stereocenters. The van der Waals surface area contributed by atoms with Crippen molar-refractivity contribution in [2.75, 3.05) is 46.0 Å². The summed E-state index contributed by atoms with van der Waals surface area (Å²) in [7, 11) is 0. The molecule has 0 spiro atoms. The highest BCUT2D eigenvalue weighted by Crippen LogP contribution is 2.40. The first-order valence-electron chi connectivity index (χ1n) is 12.4. The van der Waals surface area contributed by atoms with Gasteiger partial charge in [0.05, 0.1) is 31.4 Å². The van der Waals surface area contributed by atoms with Crippen LogP contribution in [0.15, 0.2) is 54.1 Å². The van der Waals surface area contributed by atoms with Gasteiger partial charge in [0.25, 0.3) is 11.7 Å². The van der Waals surface area contributed by atoms with E-state index < -0.39 is 17.7 Å². The highest BCUT2D eigenvalue weighted by molar-refractivity contribution is 6.46. The second-order valence-electron chi connectivity index (χ2n) is 9.56. The fourth-order valence-corrected chi connectivity index (χ4v) is 4.61. The van der Waals surface area contributed by atoms with Crippen molar-refractivity contribution in [3.05, 3.63) is 70.3 Å². The standard InChI is InChI=1S/C28H33ClN2O5/c1-19(2)10-15-36-23-5-3-4-21(18-23)25-24(26(32)20-6-8-22(29)9-7-20)27(33)28(34)31(25)12-11-30-13-16-35-17-14-30/h3-9,18-19,25,32H,10-17H2,1-2H3. The molecule has 4 rings (SSSR count). The van der Waals surface area contributed by atoms with Gasteiger partial charge in [0.1, 0.15) is 11.5 Å². The van der Waals surface area contributed by atoms with Crippen LogP contribution in [0.5, 0.6) is 5.75 Å². The Morgan fingerprint density at radius 1 is 1.11 bits per heavy atom. The van der Waals surface area contributed by atoms with Crippen molar-refractivity contribution in [1.82, 2.24) is 9.80 Å². The largest absolute Gasteiger partial charge is 0.507 e. The number of ether oxygens (including phenoxy) is 2. The average Bonchev–Trinajstić information content (AvgIpc) is 3.13. The lowest BCUT2D eigenvalue weighted by atomic mass is 9.95. The average molecular weight is 513 g/mol. The van der Waals surface area contributed by atoms with Crippen molar-refractivity contribution in [2.45, 2.75) is 26.3 Å². The van der Waals surface area contributed by atoms with Crippen molar-refractivity contribution in [1.29, 1.82) is 0 Å². The van der Waals surface area contributed by atoms with Crippen LogP contribution in [0, 0.1) is 5.92 Å². The van der Waals surface area contributed by atoms with Crippen LogP contribution < -0.4 is 4.74 Å². The Morgan fingerprint density at radius 2 is 1.83 bits per heavy atom. The molecule has 7 nitrogen and oxygen atoms in total. The van der Waals surface area contributed by atoms with E-state index in [9.17, 15) is 14.7 Å². The topological polar surface area (TPSA) is 79.3 Å². The monoisotopic (exact) mass is 512 g/mol. The van der Waals surface area contributed by atoms with Gasteiger partial charge in [-0.1, -0.05) is 37.6 Å². The molecule has 0 radical (unpaired) electrons. The maximum absolute atomic E-state index is 13.3. The molecule has 1 atom stereocenters. The van der Waals surface area contributed by atoms with E-state index in [1.165, 1.54) is 0 Å². The quantitative estimate of drug-likeness (QED) is 0.302. The number of rotatable bonds is 9. The highest BCUT2D eigenvalue weighted by Gasteiger charge is 2.46. The Kier molecular flexibility index (Phi) is 8.67. The second kappa shape index (κ2) is 11.9. The predicted molar refractivity (Wildman–Crippen MR) is 139 cm³/mol. The number of nitrogens with zero attached hydrogens (tertiary/aromatic N) is 2. The minimum Gasteiger partial charge on any atom is -0.507 e. The van der Waals surface area contributed by atoms with Crippen molar-refractivity contribution >= 4 is 29.1 Å². The number of halogens is 1. The lowest BCUT2D eigenvalue weighted by molar-refractivity contribution is -0.140. The first kappa shape index (κ1) is 26.2. The summed E-state index contributed by atoms with van der Waals surface area (Å²) in [4.78, 5) is 30.3. The van der Waals surface area contributed by atoms with Gasteiger partial charge in [-0.2, -0.15) is 0 Å². The van der Waals surface area contributed by atoms with Crippen LogP contribution >= 0.6 is 11.6 Å². The molecule has 1 N–H and O–H groups in total. The first-order chi connectivity index (χ1) is 17.3. The Morgan fingerprint density at radius 3 is 2.53 bits per heavy atom. The van der Waals surface area contributed by atoms with E-state index in [1.54, 1.807) is 29.2 Å². The van der Waals surface area contributed by atoms with E-state index in [-0.39, 0.29) is 11.3 Å². The molecule has 2 aliphatic heterocycles. The molecule has 0 aliphatic carbocycles. The number of amides is 1. The lowest BCUT2D eigenvalue weighted by Crippen LogP contribution is -2.42. The Hall–Kier alpha value is -2.87. The maximum atomic E-state index is 13.3. The number of ketones is 1. The summed E-state index contributed by atoms with van der Waals surface area (Å²) in [5, 5.41) is 11.7. The summed E-state index contributed by atoms with van der Waals surface area (Å²) >= 11 is 6.01. The van der Waals surface area contributed by atoms with Crippen LogP contribution in [0.25, 0.3) is 5.76 Å². The molecule has 1 amide bonds. The van der Waals surface area contributed by atoms with Crippen LogP contribution in [0.3, 0.4) is 0 Å². The third-order valence-electron chi connectivity index (χ3n) is 6.56. The number of hydrogen-bond donors (Lipinski definition) is 1. The molecule has 2 aliphatic rings. The summed E-state index contributed by atoms with van der Waals surface area (Å²) in [6.45, 7) is 8.66. The van der Waals surface area contributed by atoms with Crippen LogP contribution in [0.1, 0.15) is 37.4 Å². The molecule has 192 valence electrons. The molecule has 2 aromatic carbocycles. The Labute approximate surface area is 217 Å². The third kappa shape index (κ3) is 6.09. The van der Waals surface area contributed by atoms with Gasteiger partial charge >= 0.3 is 0 Å². The number of likely N-dealkylation sites (tertiary alicyclic amines) is 1. The van der Waals surface area contributed by atoms with Gasteiger partial charge in [-0.25, -0.2) is 0 Å². The van der Waals surface area contributed by atoms with Gasteiger partial charge in [0, 0.05) is 36.8 Å². The SMILES string of the molecule is CC(C)CCOc1cccc(C2C(=C(O)c3ccc(Cl)cc3)C(=O)C(=O)N2CCN2CCOCC2)c1. The number of Topliss-reactive ketones (excluding diaryl/α,β-unsaturated/α-hetero) is 1. The van der Waals surface area contributed by atoms with Crippen molar-refractivity contribution in [3.8, 4) is 5.75 Å². The van der Waals surface area contributed by atoms with E-state index >= 15 is 0 Å². The molecule has 0 saturated carbocycles. The summed E-state index contributed by atoms with van der Waals surface area (Å²) in [6.07, 6.45) is 0.915. The normalized spacial score (nSPS) is 20.3. The predicted octanol–water partition coefficient (Wildman–Crippen LogP) is 4.52. The number of hydrogen-bond acceptors (Lipinski definition) is 6. The Balaban J connectivity index is 1.69. The van der Waals surface area contributed by atoms with Gasteiger partial charge in [-0.3, -0.25) is 14.5 Å². The zero-order chi connectivity index (χ0) is 25.7. The summed E-state index contributed by atoms with van der Waals surface area (Å²) < 4.78 is 11.4. The number of carbonyl (C=O) groups excluding carboxylic acids is 2. The second-order valence-corrected chi connectivity index (χ2v) is 9.99. The van der Waals surface area contributed by atoms with Gasteiger partial charge in [0.2, 0.25) is 0 Å². The molecule has 36 heavy (non-hydrogen) atoms. The molecule has 0 bridgehead atoms. The van der Waals surface area contributed by atoms with Crippen LogP contribution in [0.4, 0.5) is 0 Å². The minimum atomic E-state index is -0.727. The number of morpholine rings is 1.